The first-order chi connectivity index (χ1) is 22.7. The number of fused-ring (bicyclic) bond motifs is 2. The van der Waals surface area contributed by atoms with Gasteiger partial charge in [-0.2, -0.15) is 24.9 Å². The number of rotatable bonds is 11. The molecule has 0 aliphatic heterocycles. The molecule has 18 heteroatoms. The van der Waals surface area contributed by atoms with Gasteiger partial charge in [0.15, 0.2) is 28.4 Å². The van der Waals surface area contributed by atoms with Crippen LogP contribution in [0.5, 0.6) is 18.0 Å². The second-order valence-electron chi connectivity index (χ2n) is 10.1. The molecule has 6 aromatic heterocycles. The minimum absolute atomic E-state index is 0.0128. The van der Waals surface area contributed by atoms with Crippen molar-refractivity contribution < 1.29 is 24.4 Å². The fourth-order valence-corrected chi connectivity index (χ4v) is 4.41. The molecule has 6 rings (SSSR count). The molecule has 0 aromatic carbocycles. The molecule has 0 aliphatic carbocycles. The molecular weight excluding hydrogens is 612 g/mol. The number of aryl methyl sites for hydroxylation is 2. The van der Waals surface area contributed by atoms with Crippen molar-refractivity contribution in [2.24, 2.45) is 0 Å². The highest BCUT2D eigenvalue weighted by molar-refractivity contribution is 5.83. The average molecular weight is 647 g/mol. The van der Waals surface area contributed by atoms with E-state index in [-0.39, 0.29) is 55.8 Å². The van der Waals surface area contributed by atoms with E-state index in [1.54, 1.807) is 17.0 Å². The Labute approximate surface area is 267 Å². The maximum Gasteiger partial charge on any atom is 0.328 e. The lowest BCUT2D eigenvalue weighted by Gasteiger charge is -2.08. The molecule has 0 radical (unpaired) electrons. The van der Waals surface area contributed by atoms with Gasteiger partial charge in [-0.15, -0.1) is 0 Å². The van der Waals surface area contributed by atoms with Crippen molar-refractivity contribution in [2.45, 2.75) is 26.9 Å². The number of anilines is 2. The van der Waals surface area contributed by atoms with Gasteiger partial charge < -0.3 is 40.9 Å². The third-order valence-electron chi connectivity index (χ3n) is 6.65. The lowest BCUT2D eigenvalue weighted by Crippen LogP contribution is -2.18. The fourth-order valence-electron chi connectivity index (χ4n) is 4.41. The number of nitrogens with one attached hydrogen (secondary N) is 1. The summed E-state index contributed by atoms with van der Waals surface area (Å²) < 4.78 is 19.0. The molecule has 0 aliphatic rings. The Balaban J connectivity index is 0.000000185. The van der Waals surface area contributed by atoms with Crippen molar-refractivity contribution >= 4 is 34.0 Å². The Morgan fingerprint density at radius 2 is 1.32 bits per heavy atom. The number of pyridine rings is 2. The van der Waals surface area contributed by atoms with Crippen LogP contribution < -0.4 is 31.4 Å². The molecule has 0 saturated heterocycles. The van der Waals surface area contributed by atoms with E-state index in [0.29, 0.717) is 41.4 Å². The van der Waals surface area contributed by atoms with Gasteiger partial charge in [0, 0.05) is 23.8 Å². The van der Waals surface area contributed by atoms with Crippen LogP contribution in [0.2, 0.25) is 0 Å². The number of nitrogen functional groups attached to an aromatic ring is 2. The summed E-state index contributed by atoms with van der Waals surface area (Å²) in [6.45, 7) is 4.38. The van der Waals surface area contributed by atoms with Crippen molar-refractivity contribution in [2.75, 3.05) is 45.0 Å². The summed E-state index contributed by atoms with van der Waals surface area (Å²) in [4.78, 5) is 44.2. The van der Waals surface area contributed by atoms with Crippen LogP contribution in [0, 0.1) is 13.8 Å². The van der Waals surface area contributed by atoms with Crippen LogP contribution in [-0.4, -0.2) is 92.8 Å². The number of ether oxygens (including phenoxy) is 3. The monoisotopic (exact) mass is 646 g/mol. The number of aromatic nitrogens is 10. The van der Waals surface area contributed by atoms with Gasteiger partial charge in [0.2, 0.25) is 0 Å². The van der Waals surface area contributed by atoms with E-state index in [0.717, 1.165) is 22.5 Å². The van der Waals surface area contributed by atoms with Gasteiger partial charge in [0.05, 0.1) is 33.4 Å². The Hall–Kier alpha value is -5.88. The lowest BCUT2D eigenvalue weighted by atomic mass is 10.2. The molecule has 0 atom stereocenters. The molecule has 0 saturated carbocycles. The van der Waals surface area contributed by atoms with Crippen LogP contribution in [0.4, 0.5) is 11.6 Å². The van der Waals surface area contributed by atoms with Crippen molar-refractivity contribution in [3.63, 3.8) is 0 Å². The zero-order valence-corrected chi connectivity index (χ0v) is 25.9. The topological polar surface area (TPSA) is 253 Å². The van der Waals surface area contributed by atoms with Crippen LogP contribution in [0.3, 0.4) is 0 Å². The molecule has 18 nitrogen and oxygen atoms in total. The number of hydrogen-bond donors (Lipinski definition) is 5. The molecule has 6 heterocycles. The summed E-state index contributed by atoms with van der Waals surface area (Å²) in [6.07, 6.45) is 3.49. The Bertz CT molecular complexity index is 2020. The predicted octanol–water partition coefficient (Wildman–Crippen LogP) is 0.365. The van der Waals surface area contributed by atoms with Crippen molar-refractivity contribution in [1.29, 1.82) is 0 Å². The summed E-state index contributed by atoms with van der Waals surface area (Å²) in [5.41, 5.74) is 16.7. The van der Waals surface area contributed by atoms with E-state index in [1.165, 1.54) is 11.7 Å². The van der Waals surface area contributed by atoms with Crippen molar-refractivity contribution in [1.82, 2.24) is 49.0 Å². The third-order valence-corrected chi connectivity index (χ3v) is 6.65. The Morgan fingerprint density at radius 3 is 1.85 bits per heavy atom. The van der Waals surface area contributed by atoms with Gasteiger partial charge >= 0.3 is 17.7 Å². The quantitative estimate of drug-likeness (QED) is 0.127. The van der Waals surface area contributed by atoms with Crippen molar-refractivity contribution in [3.8, 4) is 18.0 Å². The zero-order valence-electron chi connectivity index (χ0n) is 25.9. The van der Waals surface area contributed by atoms with Gasteiger partial charge in [-0.25, -0.2) is 4.79 Å². The molecule has 0 spiro atoms. The summed E-state index contributed by atoms with van der Waals surface area (Å²) >= 11 is 0. The number of methoxy groups -OCH3 is 1. The number of nitrogens with two attached hydrogens (primary N) is 2. The van der Waals surface area contributed by atoms with E-state index in [4.69, 9.17) is 35.9 Å². The SMILES string of the molecule is COc1nc2c(N)nc(OCCO)nc2n1Cc1ccc(C)nc1.Cc1ccc(Cn2c(=O)[nH]c3c(N)nc(OCCO)nc32)cn1. The molecule has 0 fully saturated rings. The second kappa shape index (κ2) is 14.5. The molecule has 0 amide bonds. The Kier molecular flexibility index (Phi) is 10.0. The highest BCUT2D eigenvalue weighted by atomic mass is 16.5. The molecular formula is C29H34N12O6. The van der Waals surface area contributed by atoms with Gasteiger partial charge in [-0.1, -0.05) is 12.1 Å². The molecule has 246 valence electrons. The zero-order chi connectivity index (χ0) is 33.5. The smallest absolute Gasteiger partial charge is 0.328 e. The van der Waals surface area contributed by atoms with E-state index in [2.05, 4.69) is 39.9 Å². The van der Waals surface area contributed by atoms with Crippen molar-refractivity contribution in [3.05, 3.63) is 69.7 Å². The fraction of sp³-hybridized carbons (Fsp3) is 0.310. The number of aliphatic hydroxyl groups is 2. The van der Waals surface area contributed by atoms with Crippen LogP contribution in [0.1, 0.15) is 22.5 Å². The average Bonchev–Trinajstić information content (AvgIpc) is 3.58. The summed E-state index contributed by atoms with van der Waals surface area (Å²) in [7, 11) is 1.53. The standard InChI is InChI=1S/C15H18N6O3.C14H16N6O3/c1-9-3-4-10(7-17-9)8-21-13-11(18-15(21)23-2)12(16)19-14(20-13)24-6-5-22;1-8-2-3-9(6-16-8)7-20-12-10(17-14(20)22)11(15)18-13(19-12)23-5-4-21/h3-4,7,22H,5-6,8H2,1-2H3,(H2,16,19,20);2-3,6,21H,4-5,7H2,1H3,(H,17,22)(H2,15,18,19). The van der Waals surface area contributed by atoms with E-state index >= 15 is 0 Å². The van der Waals surface area contributed by atoms with E-state index in [1.807, 2.05) is 38.1 Å². The lowest BCUT2D eigenvalue weighted by molar-refractivity contribution is 0.192. The first kappa shape index (κ1) is 32.5. The number of aliphatic hydroxyl groups excluding tert-OH is 2. The van der Waals surface area contributed by atoms with Crippen LogP contribution in [0.25, 0.3) is 22.3 Å². The summed E-state index contributed by atoms with van der Waals surface area (Å²) in [5.74, 6) is 0.299. The van der Waals surface area contributed by atoms with Crippen LogP contribution in [0.15, 0.2) is 41.5 Å². The minimum Gasteiger partial charge on any atom is -0.468 e. The number of H-pyrrole nitrogens is 1. The van der Waals surface area contributed by atoms with E-state index < -0.39 is 0 Å². The highest BCUT2D eigenvalue weighted by Gasteiger charge is 2.19. The molecule has 7 N–H and O–H groups in total. The van der Waals surface area contributed by atoms with Crippen LogP contribution >= 0.6 is 0 Å². The number of imidazole rings is 2. The first-order valence-electron chi connectivity index (χ1n) is 14.3. The summed E-state index contributed by atoms with van der Waals surface area (Å²) in [5, 5.41) is 17.7. The number of nitrogens with zero attached hydrogens (tertiary/aromatic N) is 9. The van der Waals surface area contributed by atoms with E-state index in [9.17, 15) is 4.79 Å². The number of hydrogen-bond acceptors (Lipinski definition) is 15. The maximum absolute atomic E-state index is 12.2. The highest BCUT2D eigenvalue weighted by Crippen LogP contribution is 2.26. The summed E-state index contributed by atoms with van der Waals surface area (Å²) in [6, 6.07) is 8.13. The largest absolute Gasteiger partial charge is 0.468 e. The van der Waals surface area contributed by atoms with Gasteiger partial charge in [-0.3, -0.25) is 19.1 Å². The normalized spacial score (nSPS) is 11.0. The molecule has 6 aromatic rings. The second-order valence-corrected chi connectivity index (χ2v) is 10.1. The molecule has 47 heavy (non-hydrogen) atoms. The predicted molar refractivity (Wildman–Crippen MR) is 170 cm³/mol. The van der Waals surface area contributed by atoms with Crippen LogP contribution in [-0.2, 0) is 13.1 Å². The van der Waals surface area contributed by atoms with Gasteiger partial charge in [0.1, 0.15) is 18.7 Å². The van der Waals surface area contributed by atoms with Gasteiger partial charge in [-0.05, 0) is 37.1 Å². The first-order valence-corrected chi connectivity index (χ1v) is 14.3. The maximum atomic E-state index is 12.2. The van der Waals surface area contributed by atoms with Gasteiger partial charge in [0.25, 0.3) is 6.01 Å². The molecule has 0 bridgehead atoms. The minimum atomic E-state index is -0.346. The third kappa shape index (κ3) is 7.51. The Morgan fingerprint density at radius 1 is 0.766 bits per heavy atom. The molecule has 0 unspecified atom stereocenters. The number of aromatic amines is 1.